The summed E-state index contributed by atoms with van der Waals surface area (Å²) in [5, 5.41) is 23.3. The number of allylic oxidation sites excluding steroid dienone is 3. The minimum absolute atomic E-state index is 0.0120. The number of hydrogen-bond donors (Lipinski definition) is 3. The van der Waals surface area contributed by atoms with E-state index in [2.05, 4.69) is 31.3 Å². The lowest BCUT2D eigenvalue weighted by Gasteiger charge is -2.20. The van der Waals surface area contributed by atoms with E-state index in [1.165, 1.54) is 347 Å². The summed E-state index contributed by atoms with van der Waals surface area (Å²) in [4.78, 5) is 24.6. The van der Waals surface area contributed by atoms with E-state index in [0.29, 0.717) is 19.4 Å². The largest absolute Gasteiger partial charge is 0.466 e. The van der Waals surface area contributed by atoms with Crippen LogP contribution in [0.5, 0.6) is 0 Å². The summed E-state index contributed by atoms with van der Waals surface area (Å²) in [5.41, 5.74) is 0. The lowest BCUT2D eigenvalue weighted by molar-refractivity contribution is -0.143. The maximum atomic E-state index is 12.5. The summed E-state index contributed by atoms with van der Waals surface area (Å²) in [6, 6.07) is -0.626. The van der Waals surface area contributed by atoms with Crippen molar-refractivity contribution >= 4 is 11.9 Å². The molecule has 0 heterocycles. The van der Waals surface area contributed by atoms with Gasteiger partial charge in [0.25, 0.3) is 0 Å². The van der Waals surface area contributed by atoms with Crippen molar-refractivity contribution in [2.24, 2.45) is 0 Å². The zero-order valence-corrected chi connectivity index (χ0v) is 55.0. The molecule has 0 saturated carbocycles. The Labute approximate surface area is 507 Å². The molecular weight excluding hydrogens is 995 g/mol. The number of nitrogens with one attached hydrogen (secondary N) is 1. The van der Waals surface area contributed by atoms with E-state index >= 15 is 0 Å². The molecule has 0 spiro atoms. The number of esters is 1. The quantitative estimate of drug-likeness (QED) is 0.0320. The first-order valence-corrected chi connectivity index (χ1v) is 37.1. The van der Waals surface area contributed by atoms with Gasteiger partial charge < -0.3 is 20.3 Å². The molecule has 81 heavy (non-hydrogen) atoms. The highest BCUT2D eigenvalue weighted by molar-refractivity contribution is 5.76. The lowest BCUT2D eigenvalue weighted by atomic mass is 10.0. The molecule has 2 atom stereocenters. The Morgan fingerprint density at radius 1 is 0.333 bits per heavy atom. The van der Waals surface area contributed by atoms with Gasteiger partial charge in [-0.25, -0.2) is 0 Å². The van der Waals surface area contributed by atoms with Gasteiger partial charge in [-0.15, -0.1) is 0 Å². The second-order valence-electron chi connectivity index (χ2n) is 25.6. The molecule has 2 unspecified atom stereocenters. The summed E-state index contributed by atoms with van der Waals surface area (Å²) in [7, 11) is 0. The minimum atomic E-state index is -0.843. The Hall–Kier alpha value is -1.66. The first-order chi connectivity index (χ1) is 40.0. The molecule has 0 aromatic carbocycles. The molecule has 0 radical (unpaired) electrons. The van der Waals surface area contributed by atoms with Crippen molar-refractivity contribution in [2.45, 2.75) is 431 Å². The number of ether oxygens (including phenoxy) is 1. The molecule has 0 aliphatic rings. The van der Waals surface area contributed by atoms with Gasteiger partial charge in [-0.05, 0) is 57.8 Å². The van der Waals surface area contributed by atoms with Crippen LogP contribution >= 0.6 is 0 Å². The highest BCUT2D eigenvalue weighted by Crippen LogP contribution is 2.19. The molecule has 6 nitrogen and oxygen atoms in total. The molecule has 0 saturated heterocycles. The molecule has 1 amide bonds. The van der Waals surface area contributed by atoms with Crippen molar-refractivity contribution < 1.29 is 24.5 Å². The lowest BCUT2D eigenvalue weighted by Crippen LogP contribution is -2.45. The van der Waals surface area contributed by atoms with Crippen molar-refractivity contribution in [3.8, 4) is 0 Å². The molecule has 6 heteroatoms. The third kappa shape index (κ3) is 67.3. The molecule has 0 aromatic heterocycles. The standard InChI is InChI=1S/C75H145NO5/c1-3-5-7-9-11-13-15-17-19-20-21-33-36-40-43-47-51-55-59-63-67-73(78)72(71-77)76-74(79)68-64-60-56-52-48-44-41-37-34-31-29-27-25-23-22-24-26-28-30-32-35-38-42-46-50-54-58-62-66-70-81-75(80)69-65-61-57-53-49-45-39-18-16-14-12-10-8-6-4-2/h18,39,63,67,72-73,77-78H,3-17,19-38,40-62,64-66,68-71H2,1-2H3,(H,76,79)/b39-18-,67-63+. The molecule has 0 bridgehead atoms. The van der Waals surface area contributed by atoms with Crippen LogP contribution in [0.3, 0.4) is 0 Å². The van der Waals surface area contributed by atoms with Crippen LogP contribution in [0.25, 0.3) is 0 Å². The number of carbonyl (C=O) groups is 2. The van der Waals surface area contributed by atoms with Crippen LogP contribution in [-0.4, -0.2) is 47.4 Å². The van der Waals surface area contributed by atoms with E-state index in [1.54, 1.807) is 6.08 Å². The Morgan fingerprint density at radius 3 is 0.877 bits per heavy atom. The van der Waals surface area contributed by atoms with Crippen LogP contribution in [0.1, 0.15) is 418 Å². The topological polar surface area (TPSA) is 95.9 Å². The van der Waals surface area contributed by atoms with Gasteiger partial charge in [0.1, 0.15) is 0 Å². The number of aliphatic hydroxyl groups is 2. The first kappa shape index (κ1) is 79.3. The highest BCUT2D eigenvalue weighted by Gasteiger charge is 2.18. The van der Waals surface area contributed by atoms with Gasteiger partial charge in [0, 0.05) is 12.8 Å². The van der Waals surface area contributed by atoms with Gasteiger partial charge in [-0.1, -0.05) is 372 Å². The van der Waals surface area contributed by atoms with Crippen molar-refractivity contribution in [2.75, 3.05) is 13.2 Å². The fourth-order valence-corrected chi connectivity index (χ4v) is 11.8. The van der Waals surface area contributed by atoms with Crippen LogP contribution in [0, 0.1) is 0 Å². The monoisotopic (exact) mass is 1140 g/mol. The Bertz CT molecular complexity index is 1270. The first-order valence-electron chi connectivity index (χ1n) is 37.1. The van der Waals surface area contributed by atoms with E-state index in [1.807, 2.05) is 6.08 Å². The summed E-state index contributed by atoms with van der Waals surface area (Å²) < 4.78 is 5.50. The Balaban J connectivity index is 3.36. The number of amides is 1. The van der Waals surface area contributed by atoms with Gasteiger partial charge in [0.15, 0.2) is 0 Å². The third-order valence-electron chi connectivity index (χ3n) is 17.5. The van der Waals surface area contributed by atoms with Crippen molar-refractivity contribution in [1.82, 2.24) is 5.32 Å². The summed E-state index contributed by atoms with van der Waals surface area (Å²) in [5.74, 6) is -0.0482. The third-order valence-corrected chi connectivity index (χ3v) is 17.5. The maximum absolute atomic E-state index is 12.5. The molecule has 480 valence electrons. The Kier molecular flexibility index (Phi) is 69.4. The molecule has 3 N–H and O–H groups in total. The average Bonchev–Trinajstić information content (AvgIpc) is 3.47. The molecule has 0 aliphatic heterocycles. The molecule has 0 fully saturated rings. The maximum Gasteiger partial charge on any atom is 0.305 e. The Morgan fingerprint density at radius 2 is 0.580 bits per heavy atom. The average molecular weight is 1140 g/mol. The molecular formula is C75H145NO5. The van der Waals surface area contributed by atoms with Crippen LogP contribution in [0.4, 0.5) is 0 Å². The fourth-order valence-electron chi connectivity index (χ4n) is 11.8. The van der Waals surface area contributed by atoms with E-state index in [4.69, 9.17) is 4.74 Å². The van der Waals surface area contributed by atoms with Crippen LogP contribution < -0.4 is 5.32 Å². The predicted molar refractivity (Wildman–Crippen MR) is 356 cm³/mol. The van der Waals surface area contributed by atoms with E-state index in [-0.39, 0.29) is 18.5 Å². The molecule has 0 aliphatic carbocycles. The zero-order chi connectivity index (χ0) is 58.5. The number of unbranched alkanes of at least 4 members (excludes halogenated alkanes) is 57. The van der Waals surface area contributed by atoms with Gasteiger partial charge in [0.2, 0.25) is 5.91 Å². The van der Waals surface area contributed by atoms with Crippen molar-refractivity contribution in [3.05, 3.63) is 24.3 Å². The number of aliphatic hydroxyl groups excluding tert-OH is 2. The predicted octanol–water partition coefficient (Wildman–Crippen LogP) is 24.1. The van der Waals surface area contributed by atoms with E-state index in [0.717, 1.165) is 44.9 Å². The molecule has 0 aromatic rings. The normalized spacial score (nSPS) is 12.6. The van der Waals surface area contributed by atoms with Crippen LogP contribution in [0.2, 0.25) is 0 Å². The number of carbonyl (C=O) groups excluding carboxylic acids is 2. The summed E-state index contributed by atoms with van der Waals surface area (Å²) in [6.45, 7) is 4.94. The van der Waals surface area contributed by atoms with Crippen LogP contribution in [0.15, 0.2) is 24.3 Å². The zero-order valence-electron chi connectivity index (χ0n) is 55.0. The van der Waals surface area contributed by atoms with Crippen molar-refractivity contribution in [1.29, 1.82) is 0 Å². The summed E-state index contributed by atoms with van der Waals surface area (Å²) >= 11 is 0. The fraction of sp³-hybridized carbons (Fsp3) is 0.920. The van der Waals surface area contributed by atoms with Crippen LogP contribution in [-0.2, 0) is 14.3 Å². The van der Waals surface area contributed by atoms with Gasteiger partial charge in [-0.3, -0.25) is 9.59 Å². The van der Waals surface area contributed by atoms with Gasteiger partial charge >= 0.3 is 5.97 Å². The second kappa shape index (κ2) is 70.8. The minimum Gasteiger partial charge on any atom is -0.466 e. The van der Waals surface area contributed by atoms with Crippen molar-refractivity contribution in [3.63, 3.8) is 0 Å². The smallest absolute Gasteiger partial charge is 0.305 e. The molecule has 0 rings (SSSR count). The van der Waals surface area contributed by atoms with E-state index in [9.17, 15) is 19.8 Å². The second-order valence-corrected chi connectivity index (χ2v) is 25.6. The van der Waals surface area contributed by atoms with Gasteiger partial charge in [0.05, 0.1) is 25.4 Å². The SMILES string of the molecule is CCCCCCCC/C=C\CCCCCCCC(=O)OCCCCCCCCCCCCCCCCCCCCCCCCCCCCCCCC(=O)NC(CO)C(O)/C=C/CCCCCCCCCCCCCCCCCCCC. The highest BCUT2D eigenvalue weighted by atomic mass is 16.5. The summed E-state index contributed by atoms with van der Waals surface area (Å²) in [6.07, 6.45) is 89.9. The number of rotatable bonds is 70. The number of hydrogen-bond acceptors (Lipinski definition) is 5. The van der Waals surface area contributed by atoms with Gasteiger partial charge in [-0.2, -0.15) is 0 Å². The van der Waals surface area contributed by atoms with E-state index < -0.39 is 12.1 Å².